The highest BCUT2D eigenvalue weighted by Gasteiger charge is 2.60. The molecule has 1 heterocycles. The molecule has 60 heavy (non-hydrogen) atoms. The molecule has 0 radical (unpaired) electrons. The number of ether oxygens (including phenoxy) is 3. The van der Waals surface area contributed by atoms with Gasteiger partial charge in [-0.05, 0) is 94.9 Å². The fourth-order valence-electron chi connectivity index (χ4n) is 8.48. The van der Waals surface area contributed by atoms with Gasteiger partial charge in [0.05, 0.1) is 37.9 Å². The maximum absolute atomic E-state index is 13.0. The van der Waals surface area contributed by atoms with Gasteiger partial charge >= 0.3 is 11.9 Å². The normalized spacial score (nSPS) is 21.0. The van der Waals surface area contributed by atoms with Gasteiger partial charge in [-0.3, -0.25) is 33.7 Å². The van der Waals surface area contributed by atoms with Crippen molar-refractivity contribution in [1.29, 1.82) is 0 Å². The van der Waals surface area contributed by atoms with Crippen LogP contribution < -0.4 is 11.1 Å². The van der Waals surface area contributed by atoms with Crippen molar-refractivity contribution in [3.05, 3.63) is 59.7 Å². The van der Waals surface area contributed by atoms with Crippen LogP contribution in [-0.2, 0) is 38.2 Å². The van der Waals surface area contributed by atoms with Crippen molar-refractivity contribution in [3.63, 3.8) is 0 Å². The number of carbonyl (C=O) groups is 6. The van der Waals surface area contributed by atoms with E-state index in [0.29, 0.717) is 43.4 Å². The summed E-state index contributed by atoms with van der Waals surface area (Å²) in [6.45, 7) is 6.28. The Morgan fingerprint density at radius 2 is 1.57 bits per heavy atom. The first-order chi connectivity index (χ1) is 28.5. The van der Waals surface area contributed by atoms with E-state index in [2.05, 4.69) is 5.32 Å². The molecule has 0 spiro atoms. The Kier molecular flexibility index (Phi) is 16.6. The molecule has 2 aromatic carbocycles. The Hall–Kier alpha value is -4.47. The molecule has 2 saturated carbocycles. The fourth-order valence-corrected chi connectivity index (χ4v) is 9.70. The minimum absolute atomic E-state index is 0.00990. The van der Waals surface area contributed by atoms with Crippen LogP contribution in [0.3, 0.4) is 0 Å². The number of unbranched alkanes of at least 4 members (excludes halogenated alkanes) is 2. The average molecular weight is 852 g/mol. The van der Waals surface area contributed by atoms with Gasteiger partial charge in [0.15, 0.2) is 11.5 Å². The summed E-state index contributed by atoms with van der Waals surface area (Å²) in [5.41, 5.74) is 5.49. The number of hydrogen-bond acceptors (Lipinski definition) is 13. The number of thioether (sulfide) groups is 1. The van der Waals surface area contributed by atoms with E-state index in [-0.39, 0.29) is 104 Å². The Labute approximate surface area is 356 Å². The fraction of sp³-hybridized carbons (Fsp3) is 0.600. The third-order valence-corrected chi connectivity index (χ3v) is 13.1. The van der Waals surface area contributed by atoms with Gasteiger partial charge in [-0.25, -0.2) is 0 Å². The second kappa shape index (κ2) is 21.4. The maximum atomic E-state index is 13.0. The highest BCUT2D eigenvalue weighted by molar-refractivity contribution is 7.99. The summed E-state index contributed by atoms with van der Waals surface area (Å²) < 4.78 is 17.0. The summed E-state index contributed by atoms with van der Waals surface area (Å²) in [5, 5.41) is 21.6. The number of nitrogens with two attached hydrogens (primary N) is 1. The molecule has 2 aromatic rings. The van der Waals surface area contributed by atoms with E-state index in [4.69, 9.17) is 19.9 Å². The molecule has 3 fully saturated rings. The van der Waals surface area contributed by atoms with Crippen molar-refractivity contribution >= 4 is 47.2 Å². The van der Waals surface area contributed by atoms with Crippen LogP contribution in [0.4, 0.5) is 0 Å². The molecule has 2 bridgehead atoms. The number of fused-ring (bicyclic) bond motifs is 5. The lowest BCUT2D eigenvalue weighted by molar-refractivity contribution is -0.158. The molecule has 1 aliphatic heterocycles. The summed E-state index contributed by atoms with van der Waals surface area (Å²) in [5.74, 6) is -1.07. The molecule has 0 aromatic heterocycles. The van der Waals surface area contributed by atoms with E-state index < -0.39 is 29.0 Å². The zero-order valence-corrected chi connectivity index (χ0v) is 35.8. The van der Waals surface area contributed by atoms with Gasteiger partial charge in [0.1, 0.15) is 17.1 Å². The molecule has 15 heteroatoms. The van der Waals surface area contributed by atoms with Gasteiger partial charge in [0, 0.05) is 55.3 Å². The van der Waals surface area contributed by atoms with E-state index in [1.807, 2.05) is 30.3 Å². The predicted octanol–water partition coefficient (Wildman–Crippen LogP) is 5.97. The maximum Gasteiger partial charge on any atom is 0.307 e. The van der Waals surface area contributed by atoms with E-state index in [1.165, 1.54) is 34.9 Å². The highest BCUT2D eigenvalue weighted by Crippen LogP contribution is 2.56. The number of rotatable bonds is 25. The molecular formula is C45H61N3O11S. The number of nitrogens with zero attached hydrogens (tertiary/aromatic N) is 1. The number of carbonyl (C=O) groups excluding carboxylic acids is 6. The van der Waals surface area contributed by atoms with E-state index >= 15 is 0 Å². The van der Waals surface area contributed by atoms with Gasteiger partial charge in [0.25, 0.3) is 5.91 Å². The lowest BCUT2D eigenvalue weighted by atomic mass is 9.81. The number of aromatic hydroxyl groups is 2. The molecule has 3 aliphatic rings. The van der Waals surface area contributed by atoms with Crippen LogP contribution in [0, 0.1) is 23.7 Å². The van der Waals surface area contributed by atoms with Crippen molar-refractivity contribution in [2.45, 2.75) is 114 Å². The van der Waals surface area contributed by atoms with Crippen molar-refractivity contribution in [1.82, 2.24) is 10.2 Å². The summed E-state index contributed by atoms with van der Waals surface area (Å²) in [6, 6.07) is 13.3. The number of phenols is 2. The molecular weight excluding hydrogens is 791 g/mol. The molecule has 6 atom stereocenters. The van der Waals surface area contributed by atoms with Crippen LogP contribution in [-0.4, -0.2) is 93.9 Å². The molecule has 5 rings (SSSR count). The largest absolute Gasteiger partial charge is 0.504 e. The van der Waals surface area contributed by atoms with Crippen molar-refractivity contribution in [2.75, 3.05) is 32.1 Å². The molecule has 1 saturated heterocycles. The van der Waals surface area contributed by atoms with Gasteiger partial charge in [-0.2, -0.15) is 11.8 Å². The van der Waals surface area contributed by atoms with Gasteiger partial charge in [-0.15, -0.1) is 0 Å². The van der Waals surface area contributed by atoms with Crippen LogP contribution in [0.2, 0.25) is 0 Å². The van der Waals surface area contributed by atoms with E-state index in [9.17, 15) is 39.0 Å². The zero-order valence-electron chi connectivity index (χ0n) is 35.0. The standard InChI is InChI=1S/C45H61N3O11S/c1-44(2,20-24-58-45(3,46)19-21-47-41(54)32-14-16-34(50)35(51)27-32)59-38(53)18-25-60-36(29-10-6-4-7-11-29)28-33(49)15-17-37(52)57-23-9-5-8-22-48-42(55)39-30-12-13-31(26-30)40(39)43(48)56/h4,6-7,10-11,14,16,27,30-31,36,39-40,50-51H,5,8-9,12-13,15,17-26,28,46H2,1-3H3,(H,47,54)/t30-,31+,36?,39+,40-,45?. The molecule has 3 amide bonds. The van der Waals surface area contributed by atoms with Crippen molar-refractivity contribution in [2.24, 2.45) is 29.4 Å². The quantitative estimate of drug-likeness (QED) is 0.0299. The number of hydrogen-bond donors (Lipinski definition) is 4. The topological polar surface area (TPSA) is 212 Å². The first kappa shape index (κ1) is 46.6. The third kappa shape index (κ3) is 13.3. The Bertz CT molecular complexity index is 1810. The molecule has 328 valence electrons. The van der Waals surface area contributed by atoms with Crippen molar-refractivity contribution < 1.29 is 53.2 Å². The van der Waals surface area contributed by atoms with Crippen LogP contribution in [0.15, 0.2) is 48.5 Å². The monoisotopic (exact) mass is 851 g/mol. The smallest absolute Gasteiger partial charge is 0.307 e. The lowest BCUT2D eigenvalue weighted by Crippen LogP contribution is -2.44. The number of imide groups is 1. The Balaban J connectivity index is 0.934. The van der Waals surface area contributed by atoms with Crippen LogP contribution in [0.5, 0.6) is 11.5 Å². The summed E-state index contributed by atoms with van der Waals surface area (Å²) >= 11 is 1.48. The summed E-state index contributed by atoms with van der Waals surface area (Å²) in [4.78, 5) is 77.9. The van der Waals surface area contributed by atoms with Gasteiger partial charge < -0.3 is 35.5 Å². The van der Waals surface area contributed by atoms with E-state index in [1.54, 1.807) is 20.8 Å². The van der Waals surface area contributed by atoms with Gasteiger partial charge in [-0.1, -0.05) is 30.3 Å². The highest BCUT2D eigenvalue weighted by atomic mass is 32.2. The summed E-state index contributed by atoms with van der Waals surface area (Å²) in [7, 11) is 0. The zero-order chi connectivity index (χ0) is 43.5. The summed E-state index contributed by atoms with van der Waals surface area (Å²) in [6.07, 6.45) is 6.14. The predicted molar refractivity (Wildman–Crippen MR) is 225 cm³/mol. The SMILES string of the molecule is CC(C)(CCOC(C)(N)CCNC(=O)c1ccc(O)c(O)c1)OC(=O)CCSC(CC(=O)CCC(=O)OCCCCCN1C(=O)[C@@H]2[C@H]3CC[C@H](C3)[C@@H]2C1=O)c1ccccc1. The number of benzene rings is 2. The number of phenolic OH excluding ortho intramolecular Hbond substituents is 2. The Morgan fingerprint density at radius 1 is 0.867 bits per heavy atom. The minimum Gasteiger partial charge on any atom is -0.504 e. The van der Waals surface area contributed by atoms with Crippen LogP contribution >= 0.6 is 11.8 Å². The second-order valence-electron chi connectivity index (χ2n) is 17.1. The number of nitrogens with one attached hydrogen (secondary N) is 1. The molecule has 14 nitrogen and oxygen atoms in total. The van der Waals surface area contributed by atoms with Crippen LogP contribution in [0.1, 0.15) is 119 Å². The van der Waals surface area contributed by atoms with E-state index in [0.717, 1.165) is 31.2 Å². The van der Waals surface area contributed by atoms with Crippen molar-refractivity contribution in [3.8, 4) is 11.5 Å². The third-order valence-electron chi connectivity index (χ3n) is 11.8. The van der Waals surface area contributed by atoms with Crippen LogP contribution in [0.25, 0.3) is 0 Å². The second-order valence-corrected chi connectivity index (χ2v) is 18.4. The lowest BCUT2D eigenvalue weighted by Gasteiger charge is -2.29. The Morgan fingerprint density at radius 3 is 2.25 bits per heavy atom. The molecule has 2 unspecified atom stereocenters. The van der Waals surface area contributed by atoms with Gasteiger partial charge in [0.2, 0.25) is 11.8 Å². The average Bonchev–Trinajstić information content (AvgIpc) is 3.89. The number of Topliss-reactive ketones (excluding diaryl/α,β-unsaturated/α-hetero) is 1. The number of amides is 3. The molecule has 5 N–H and O–H groups in total. The number of esters is 2. The first-order valence-electron chi connectivity index (χ1n) is 21.2. The number of likely N-dealkylation sites (tertiary alicyclic amines) is 1. The minimum atomic E-state index is -1.08. The molecule has 2 aliphatic carbocycles. The number of ketones is 1. The first-order valence-corrected chi connectivity index (χ1v) is 22.2.